The first-order chi connectivity index (χ1) is 11.2. The molecular formula is C14H13F3N4O3. The lowest BCUT2D eigenvalue weighted by Crippen LogP contribution is -2.25. The zero-order valence-electron chi connectivity index (χ0n) is 12.5. The zero-order valence-corrected chi connectivity index (χ0v) is 12.5. The van der Waals surface area contributed by atoms with Crippen LogP contribution >= 0.6 is 0 Å². The van der Waals surface area contributed by atoms with Crippen LogP contribution < -0.4 is 4.90 Å². The first-order valence-corrected chi connectivity index (χ1v) is 6.75. The Morgan fingerprint density at radius 3 is 2.38 bits per heavy atom. The number of aliphatic hydroxyl groups excluding tert-OH is 1. The summed E-state index contributed by atoms with van der Waals surface area (Å²) in [5.74, 6) is -0.202. The highest BCUT2D eigenvalue weighted by molar-refractivity contribution is 5.62. The van der Waals surface area contributed by atoms with Gasteiger partial charge >= 0.3 is 6.18 Å². The first-order valence-electron chi connectivity index (χ1n) is 6.75. The van der Waals surface area contributed by atoms with Crippen LogP contribution in [0.25, 0.3) is 11.3 Å². The highest BCUT2D eigenvalue weighted by Crippen LogP contribution is 2.32. The van der Waals surface area contributed by atoms with Crippen LogP contribution in [0.2, 0.25) is 0 Å². The summed E-state index contributed by atoms with van der Waals surface area (Å²) in [7, 11) is 1.45. The fourth-order valence-electron chi connectivity index (χ4n) is 1.90. The second-order valence-corrected chi connectivity index (χ2v) is 4.89. The van der Waals surface area contributed by atoms with Crippen LogP contribution in [0.15, 0.2) is 30.3 Å². The van der Waals surface area contributed by atoms with Gasteiger partial charge in [0.05, 0.1) is 17.2 Å². The van der Waals surface area contributed by atoms with E-state index in [1.54, 1.807) is 0 Å². The number of halogens is 3. The molecular weight excluding hydrogens is 329 g/mol. The van der Waals surface area contributed by atoms with Gasteiger partial charge in [0, 0.05) is 31.3 Å². The molecule has 2 aromatic rings. The van der Waals surface area contributed by atoms with Crippen molar-refractivity contribution in [3.05, 3.63) is 46.1 Å². The Balaban J connectivity index is 2.51. The number of non-ortho nitro benzene ring substituents is 1. The maximum absolute atomic E-state index is 13.0. The van der Waals surface area contributed by atoms with Gasteiger partial charge in [-0.2, -0.15) is 13.2 Å². The normalized spacial score (nSPS) is 11.4. The third-order valence-corrected chi connectivity index (χ3v) is 3.16. The molecule has 24 heavy (non-hydrogen) atoms. The van der Waals surface area contributed by atoms with Gasteiger partial charge in [0.1, 0.15) is 0 Å². The Bertz CT molecular complexity index is 735. The van der Waals surface area contributed by atoms with E-state index in [0.29, 0.717) is 0 Å². The van der Waals surface area contributed by atoms with Crippen LogP contribution in [-0.4, -0.2) is 40.2 Å². The molecule has 0 fully saturated rings. The van der Waals surface area contributed by atoms with E-state index in [1.807, 2.05) is 0 Å². The van der Waals surface area contributed by atoms with Gasteiger partial charge in [-0.05, 0) is 18.2 Å². The van der Waals surface area contributed by atoms with Gasteiger partial charge in [0.25, 0.3) is 5.69 Å². The molecule has 0 amide bonds. The molecule has 0 saturated heterocycles. The number of aromatic nitrogens is 2. The summed E-state index contributed by atoms with van der Waals surface area (Å²) in [4.78, 5) is 18.8. The van der Waals surface area contributed by atoms with Gasteiger partial charge in [-0.15, -0.1) is 0 Å². The van der Waals surface area contributed by atoms with Crippen LogP contribution in [0.3, 0.4) is 0 Å². The smallest absolute Gasteiger partial charge is 0.395 e. The predicted molar refractivity (Wildman–Crippen MR) is 79.5 cm³/mol. The van der Waals surface area contributed by atoms with Gasteiger partial charge in [-0.1, -0.05) is 0 Å². The molecule has 0 atom stereocenters. The summed E-state index contributed by atoms with van der Waals surface area (Å²) in [6.07, 6.45) is -4.67. The van der Waals surface area contributed by atoms with Crippen molar-refractivity contribution in [3.8, 4) is 11.3 Å². The Kier molecular flexibility index (Phi) is 4.98. The number of hydrogen-bond acceptors (Lipinski definition) is 6. The number of anilines is 1. The van der Waals surface area contributed by atoms with Crippen LogP contribution in [0.4, 0.5) is 24.8 Å². The van der Waals surface area contributed by atoms with E-state index < -0.39 is 16.8 Å². The maximum atomic E-state index is 13.0. The summed E-state index contributed by atoms with van der Waals surface area (Å²) >= 11 is 0. The minimum absolute atomic E-state index is 0.0213. The van der Waals surface area contributed by atoms with E-state index >= 15 is 0 Å². The third-order valence-electron chi connectivity index (χ3n) is 3.16. The number of rotatable bonds is 5. The van der Waals surface area contributed by atoms with Gasteiger partial charge in [0.15, 0.2) is 5.69 Å². The van der Waals surface area contributed by atoms with E-state index in [2.05, 4.69) is 9.97 Å². The van der Waals surface area contributed by atoms with Gasteiger partial charge in [0.2, 0.25) is 5.95 Å². The van der Waals surface area contributed by atoms with E-state index in [1.165, 1.54) is 36.2 Å². The molecule has 2 rings (SSSR count). The largest absolute Gasteiger partial charge is 0.433 e. The standard InChI is InChI=1S/C14H13F3N4O3/c1-20(6-7-22)13-18-11(8-12(19-13)14(15,16)17)9-2-4-10(5-3-9)21(23)24/h2-5,8,22H,6-7H2,1H3. The van der Waals surface area contributed by atoms with E-state index in [9.17, 15) is 23.3 Å². The summed E-state index contributed by atoms with van der Waals surface area (Å²) in [5, 5.41) is 19.6. The number of likely N-dealkylation sites (N-methyl/N-ethyl adjacent to an activating group) is 1. The molecule has 128 valence electrons. The topological polar surface area (TPSA) is 92.4 Å². The lowest BCUT2D eigenvalue weighted by molar-refractivity contribution is -0.384. The fraction of sp³-hybridized carbons (Fsp3) is 0.286. The highest BCUT2D eigenvalue weighted by Gasteiger charge is 2.34. The molecule has 10 heteroatoms. The number of benzene rings is 1. The van der Waals surface area contributed by atoms with E-state index in [4.69, 9.17) is 5.11 Å². The molecule has 7 nitrogen and oxygen atoms in total. The number of nitrogens with zero attached hydrogens (tertiary/aromatic N) is 4. The monoisotopic (exact) mass is 342 g/mol. The lowest BCUT2D eigenvalue weighted by atomic mass is 10.1. The Labute approximate surface area is 134 Å². The minimum atomic E-state index is -4.67. The molecule has 0 spiro atoms. The van der Waals surface area contributed by atoms with Crippen molar-refractivity contribution in [2.24, 2.45) is 0 Å². The van der Waals surface area contributed by atoms with Crippen molar-refractivity contribution < 1.29 is 23.2 Å². The Morgan fingerprint density at radius 1 is 1.25 bits per heavy atom. The molecule has 0 unspecified atom stereocenters. The molecule has 0 aliphatic carbocycles. The van der Waals surface area contributed by atoms with Gasteiger partial charge in [-0.25, -0.2) is 9.97 Å². The van der Waals surface area contributed by atoms with E-state index in [0.717, 1.165) is 6.07 Å². The number of nitro benzene ring substituents is 1. The second-order valence-electron chi connectivity index (χ2n) is 4.89. The van der Waals surface area contributed by atoms with Gasteiger partial charge < -0.3 is 10.0 Å². The molecule has 0 bridgehead atoms. The number of aliphatic hydroxyl groups is 1. The highest BCUT2D eigenvalue weighted by atomic mass is 19.4. The maximum Gasteiger partial charge on any atom is 0.433 e. The van der Waals surface area contributed by atoms with Crippen molar-refractivity contribution >= 4 is 11.6 Å². The summed E-state index contributed by atoms with van der Waals surface area (Å²) in [6.45, 7) is -0.218. The average molecular weight is 342 g/mol. The van der Waals surface area contributed by atoms with Crippen LogP contribution in [-0.2, 0) is 6.18 Å². The van der Waals surface area contributed by atoms with Crippen LogP contribution in [0, 0.1) is 10.1 Å². The zero-order chi connectivity index (χ0) is 17.9. The van der Waals surface area contributed by atoms with Crippen molar-refractivity contribution in [1.29, 1.82) is 0 Å². The molecule has 0 aliphatic heterocycles. The molecule has 0 saturated carbocycles. The lowest BCUT2D eigenvalue weighted by Gasteiger charge is -2.18. The predicted octanol–water partition coefficient (Wildman–Crippen LogP) is 2.50. The molecule has 1 N–H and O–H groups in total. The van der Waals surface area contributed by atoms with Crippen molar-refractivity contribution in [2.75, 3.05) is 25.1 Å². The summed E-state index contributed by atoms with van der Waals surface area (Å²) in [5.41, 5.74) is -1.05. The molecule has 1 aromatic carbocycles. The molecule has 0 radical (unpaired) electrons. The minimum Gasteiger partial charge on any atom is -0.395 e. The number of nitro groups is 1. The summed E-state index contributed by atoms with van der Waals surface area (Å²) in [6, 6.07) is 5.77. The Morgan fingerprint density at radius 2 is 1.88 bits per heavy atom. The SMILES string of the molecule is CN(CCO)c1nc(-c2ccc([N+](=O)[O-])cc2)cc(C(F)(F)F)n1. The Hall–Kier alpha value is -2.75. The summed E-state index contributed by atoms with van der Waals surface area (Å²) < 4.78 is 39.1. The second kappa shape index (κ2) is 6.79. The van der Waals surface area contributed by atoms with Crippen molar-refractivity contribution in [1.82, 2.24) is 9.97 Å². The molecule has 0 aliphatic rings. The fourth-order valence-corrected chi connectivity index (χ4v) is 1.90. The first kappa shape index (κ1) is 17.6. The van der Waals surface area contributed by atoms with Crippen molar-refractivity contribution in [2.45, 2.75) is 6.18 Å². The third kappa shape index (κ3) is 3.96. The van der Waals surface area contributed by atoms with Gasteiger partial charge in [-0.3, -0.25) is 10.1 Å². The quantitative estimate of drug-likeness (QED) is 0.663. The molecule has 1 aromatic heterocycles. The average Bonchev–Trinajstić information content (AvgIpc) is 2.54. The number of hydrogen-bond donors (Lipinski definition) is 1. The van der Waals surface area contributed by atoms with Crippen LogP contribution in [0.5, 0.6) is 0 Å². The van der Waals surface area contributed by atoms with Crippen LogP contribution in [0.1, 0.15) is 5.69 Å². The van der Waals surface area contributed by atoms with E-state index in [-0.39, 0.29) is 36.0 Å². The molecule has 1 heterocycles. The number of alkyl halides is 3. The van der Waals surface area contributed by atoms with Crippen molar-refractivity contribution in [3.63, 3.8) is 0 Å².